The fraction of sp³-hybridized carbons (Fsp3) is 0.647. The first-order valence-corrected chi connectivity index (χ1v) is 7.50. The third-order valence-electron chi connectivity index (χ3n) is 3.75. The minimum absolute atomic E-state index is 0.133. The number of amides is 1. The lowest BCUT2D eigenvalue weighted by Crippen LogP contribution is -2.47. The lowest BCUT2D eigenvalue weighted by molar-refractivity contribution is -0.126. The van der Waals surface area contributed by atoms with Crippen LogP contribution in [0.25, 0.3) is 0 Å². The van der Waals surface area contributed by atoms with Crippen molar-refractivity contribution >= 4 is 11.9 Å². The Hall–Kier alpha value is -1.58. The van der Waals surface area contributed by atoms with Gasteiger partial charge in [-0.15, -0.1) is 6.58 Å². The Morgan fingerprint density at radius 1 is 1.29 bits per heavy atom. The number of likely N-dealkylation sites (tertiary alicyclic amines) is 1. The number of carbonyl (C=O) groups excluding carboxylic acids is 2. The van der Waals surface area contributed by atoms with Crippen LogP contribution < -0.4 is 0 Å². The average Bonchev–Trinajstić information content (AvgIpc) is 2.38. The van der Waals surface area contributed by atoms with Crippen LogP contribution in [0.5, 0.6) is 0 Å². The van der Waals surface area contributed by atoms with Gasteiger partial charge in [-0.3, -0.25) is 4.79 Å². The van der Waals surface area contributed by atoms with E-state index in [1.165, 1.54) is 0 Å². The number of piperidine rings is 1. The van der Waals surface area contributed by atoms with Gasteiger partial charge >= 0.3 is 6.09 Å². The van der Waals surface area contributed by atoms with Crippen LogP contribution in [0.15, 0.2) is 24.8 Å². The first kappa shape index (κ1) is 17.5. The van der Waals surface area contributed by atoms with E-state index < -0.39 is 11.0 Å². The predicted molar refractivity (Wildman–Crippen MR) is 84.1 cm³/mol. The van der Waals surface area contributed by atoms with Crippen LogP contribution in [0.2, 0.25) is 0 Å². The first-order chi connectivity index (χ1) is 9.74. The van der Waals surface area contributed by atoms with Gasteiger partial charge in [-0.2, -0.15) is 0 Å². The third-order valence-corrected chi connectivity index (χ3v) is 3.75. The van der Waals surface area contributed by atoms with Crippen molar-refractivity contribution in [3.63, 3.8) is 0 Å². The molecule has 0 spiro atoms. The first-order valence-electron chi connectivity index (χ1n) is 7.50. The molecule has 1 amide bonds. The Labute approximate surface area is 127 Å². The molecule has 0 radical (unpaired) electrons. The Bertz CT molecular complexity index is 424. The molecule has 1 fully saturated rings. The van der Waals surface area contributed by atoms with Gasteiger partial charge in [0.15, 0.2) is 5.78 Å². The highest BCUT2D eigenvalue weighted by Crippen LogP contribution is 2.37. The molecule has 1 rings (SSSR count). The van der Waals surface area contributed by atoms with Crippen LogP contribution in [0.3, 0.4) is 0 Å². The summed E-state index contributed by atoms with van der Waals surface area (Å²) >= 11 is 0. The van der Waals surface area contributed by atoms with Crippen LogP contribution in [-0.4, -0.2) is 35.5 Å². The molecule has 0 aliphatic carbocycles. The molecule has 0 aromatic carbocycles. The number of allylic oxidation sites excluding steroid dienone is 3. The van der Waals surface area contributed by atoms with E-state index in [-0.39, 0.29) is 11.9 Å². The number of rotatable bonds is 4. The van der Waals surface area contributed by atoms with E-state index in [1.807, 2.05) is 27.7 Å². The maximum absolute atomic E-state index is 12.3. The monoisotopic (exact) mass is 293 g/mol. The van der Waals surface area contributed by atoms with E-state index in [1.54, 1.807) is 23.1 Å². The van der Waals surface area contributed by atoms with Crippen molar-refractivity contribution in [2.75, 3.05) is 13.1 Å². The highest BCUT2D eigenvalue weighted by atomic mass is 16.6. The minimum Gasteiger partial charge on any atom is -0.444 e. The Kier molecular flexibility index (Phi) is 5.76. The summed E-state index contributed by atoms with van der Waals surface area (Å²) in [6, 6.07) is 0. The smallest absolute Gasteiger partial charge is 0.410 e. The van der Waals surface area contributed by atoms with Crippen molar-refractivity contribution in [2.24, 2.45) is 5.41 Å². The molecular formula is C17H27NO3. The molecule has 1 heterocycles. The van der Waals surface area contributed by atoms with Crippen molar-refractivity contribution < 1.29 is 14.3 Å². The summed E-state index contributed by atoms with van der Waals surface area (Å²) in [4.78, 5) is 26.1. The zero-order valence-corrected chi connectivity index (χ0v) is 13.6. The van der Waals surface area contributed by atoms with Crippen LogP contribution >= 0.6 is 0 Å². The second kappa shape index (κ2) is 6.92. The largest absolute Gasteiger partial charge is 0.444 e. The SMILES string of the molecule is C=CCC1(C(=O)C=CC)CCN(C(=O)OC(C)(C)C)CC1. The summed E-state index contributed by atoms with van der Waals surface area (Å²) in [7, 11) is 0. The minimum atomic E-state index is -0.493. The second-order valence-corrected chi connectivity index (χ2v) is 6.60. The standard InChI is InChI=1S/C17H27NO3/c1-6-8-14(19)17(9-7-2)10-12-18(13-11-17)15(20)21-16(3,4)5/h6-8H,2,9-13H2,1,3-5H3. The van der Waals surface area contributed by atoms with Gasteiger partial charge in [0.05, 0.1) is 0 Å². The molecule has 4 heteroatoms. The summed E-state index contributed by atoms with van der Waals surface area (Å²) in [6.45, 7) is 12.3. The molecule has 0 unspecified atom stereocenters. The second-order valence-electron chi connectivity index (χ2n) is 6.60. The normalized spacial score (nSPS) is 18.6. The molecule has 0 aromatic rings. The fourth-order valence-electron chi connectivity index (χ4n) is 2.60. The third kappa shape index (κ3) is 4.73. The summed E-state index contributed by atoms with van der Waals surface area (Å²) in [6.07, 6.45) is 6.86. The van der Waals surface area contributed by atoms with Gasteiger partial charge < -0.3 is 9.64 Å². The number of hydrogen-bond donors (Lipinski definition) is 0. The number of carbonyl (C=O) groups is 2. The van der Waals surface area contributed by atoms with Gasteiger partial charge in [0.2, 0.25) is 0 Å². The van der Waals surface area contributed by atoms with Gasteiger partial charge in [-0.1, -0.05) is 12.2 Å². The van der Waals surface area contributed by atoms with E-state index >= 15 is 0 Å². The maximum atomic E-state index is 12.3. The van der Waals surface area contributed by atoms with E-state index in [2.05, 4.69) is 6.58 Å². The molecule has 0 N–H and O–H groups in total. The molecule has 1 saturated heterocycles. The molecule has 118 valence electrons. The quantitative estimate of drug-likeness (QED) is 0.586. The molecule has 0 aromatic heterocycles. The lowest BCUT2D eigenvalue weighted by atomic mass is 9.72. The topological polar surface area (TPSA) is 46.6 Å². The van der Waals surface area contributed by atoms with Gasteiger partial charge in [-0.25, -0.2) is 4.79 Å². The summed E-state index contributed by atoms with van der Waals surface area (Å²) in [5.74, 6) is 0.133. The van der Waals surface area contributed by atoms with Crippen LogP contribution in [-0.2, 0) is 9.53 Å². The molecular weight excluding hydrogens is 266 g/mol. The zero-order chi connectivity index (χ0) is 16.1. The predicted octanol–water partition coefficient (Wildman–Crippen LogP) is 3.73. The van der Waals surface area contributed by atoms with Crippen molar-refractivity contribution in [3.8, 4) is 0 Å². The highest BCUT2D eigenvalue weighted by molar-refractivity contribution is 5.95. The summed E-state index contributed by atoms with van der Waals surface area (Å²) < 4.78 is 5.38. The van der Waals surface area contributed by atoms with Gasteiger partial charge in [0.1, 0.15) is 5.60 Å². The van der Waals surface area contributed by atoms with Crippen LogP contribution in [0.1, 0.15) is 47.0 Å². The van der Waals surface area contributed by atoms with Gasteiger partial charge in [0, 0.05) is 18.5 Å². The van der Waals surface area contributed by atoms with Crippen molar-refractivity contribution in [2.45, 2.75) is 52.6 Å². The number of nitrogens with zero attached hydrogens (tertiary/aromatic N) is 1. The molecule has 21 heavy (non-hydrogen) atoms. The van der Waals surface area contributed by atoms with E-state index in [4.69, 9.17) is 4.74 Å². The van der Waals surface area contributed by atoms with Crippen LogP contribution in [0, 0.1) is 5.41 Å². The summed E-state index contributed by atoms with van der Waals surface area (Å²) in [5.41, 5.74) is -0.903. The maximum Gasteiger partial charge on any atom is 0.410 e. The molecule has 0 bridgehead atoms. The highest BCUT2D eigenvalue weighted by Gasteiger charge is 2.40. The van der Waals surface area contributed by atoms with Crippen molar-refractivity contribution in [1.29, 1.82) is 0 Å². The van der Waals surface area contributed by atoms with E-state index in [9.17, 15) is 9.59 Å². The number of hydrogen-bond acceptors (Lipinski definition) is 3. The number of ketones is 1. The summed E-state index contributed by atoms with van der Waals surface area (Å²) in [5, 5.41) is 0. The van der Waals surface area contributed by atoms with Crippen molar-refractivity contribution in [1.82, 2.24) is 4.90 Å². The Morgan fingerprint density at radius 3 is 2.29 bits per heavy atom. The Balaban J connectivity index is 2.73. The molecule has 4 nitrogen and oxygen atoms in total. The van der Waals surface area contributed by atoms with Crippen molar-refractivity contribution in [3.05, 3.63) is 24.8 Å². The lowest BCUT2D eigenvalue weighted by Gasteiger charge is -2.40. The number of ether oxygens (including phenoxy) is 1. The van der Waals surface area contributed by atoms with Gasteiger partial charge in [-0.05, 0) is 53.0 Å². The molecule has 0 saturated carbocycles. The molecule has 1 aliphatic heterocycles. The average molecular weight is 293 g/mol. The molecule has 1 aliphatic rings. The fourth-order valence-corrected chi connectivity index (χ4v) is 2.60. The van der Waals surface area contributed by atoms with E-state index in [0.717, 1.165) is 0 Å². The zero-order valence-electron chi connectivity index (χ0n) is 13.6. The Morgan fingerprint density at radius 2 is 1.86 bits per heavy atom. The molecule has 0 atom stereocenters. The van der Waals surface area contributed by atoms with Crippen LogP contribution in [0.4, 0.5) is 4.79 Å². The van der Waals surface area contributed by atoms with Gasteiger partial charge in [0.25, 0.3) is 0 Å². The van der Waals surface area contributed by atoms with E-state index in [0.29, 0.717) is 32.4 Å².